The first-order chi connectivity index (χ1) is 14.7. The van der Waals surface area contributed by atoms with Crippen molar-refractivity contribution in [3.05, 3.63) is 0 Å². The Hall–Kier alpha value is 0.310. The highest BCUT2D eigenvalue weighted by Crippen LogP contribution is 2.82. The zero-order valence-electron chi connectivity index (χ0n) is 21.6. The maximum Gasteiger partial charge on any atom is 0.0638 e. The van der Waals surface area contributed by atoms with Crippen molar-refractivity contribution in [3.8, 4) is 0 Å². The van der Waals surface area contributed by atoms with Gasteiger partial charge >= 0.3 is 0 Å². The van der Waals surface area contributed by atoms with Crippen LogP contribution in [0.2, 0.25) is 0 Å². The molecule has 0 aliphatic heterocycles. The molecule has 5 rings (SSSR count). The van der Waals surface area contributed by atoms with Gasteiger partial charge in [0.05, 0.1) is 6.10 Å². The molecule has 0 heterocycles. The number of rotatable bonds is 7. The van der Waals surface area contributed by atoms with Gasteiger partial charge in [-0.1, -0.05) is 41.5 Å². The molecule has 1 spiro atoms. The molecule has 2 heteroatoms. The van der Waals surface area contributed by atoms with Crippen molar-refractivity contribution in [2.24, 2.45) is 63.6 Å². The standard InChI is InChI=1S/C29H50OS/c1-18(2)19(3)16-31-17-20(4)23-8-9-24-22-14-26(30-7)29-15-21(29)10-13-28(29,6)25(22)11-12-27(23,24)5/h18-26H,8-17H2,1-7H3/t19-,20-,21-,22+,23-,24+,25+,26-,27-,28-,29+/m1/s1. The van der Waals surface area contributed by atoms with E-state index in [0.717, 1.165) is 47.3 Å². The van der Waals surface area contributed by atoms with E-state index in [-0.39, 0.29) is 0 Å². The lowest BCUT2D eigenvalue weighted by Gasteiger charge is -2.61. The van der Waals surface area contributed by atoms with Crippen LogP contribution in [0.1, 0.15) is 92.9 Å². The van der Waals surface area contributed by atoms with Gasteiger partial charge in [-0.2, -0.15) is 11.8 Å². The third-order valence-corrected chi connectivity index (χ3v) is 14.0. The Morgan fingerprint density at radius 2 is 1.71 bits per heavy atom. The molecule has 31 heavy (non-hydrogen) atoms. The molecule has 0 aromatic carbocycles. The number of fused-ring (bicyclic) bond motifs is 4. The van der Waals surface area contributed by atoms with Crippen LogP contribution < -0.4 is 0 Å². The minimum Gasteiger partial charge on any atom is -0.381 e. The van der Waals surface area contributed by atoms with Crippen LogP contribution in [0.15, 0.2) is 0 Å². The monoisotopic (exact) mass is 446 g/mol. The summed E-state index contributed by atoms with van der Waals surface area (Å²) >= 11 is 2.25. The Bertz CT molecular complexity index is 676. The van der Waals surface area contributed by atoms with E-state index in [1.165, 1.54) is 62.9 Å². The summed E-state index contributed by atoms with van der Waals surface area (Å²) in [5, 5.41) is 0. The summed E-state index contributed by atoms with van der Waals surface area (Å²) in [5.74, 6) is 10.1. The lowest BCUT2D eigenvalue weighted by atomic mass is 9.45. The molecule has 11 atom stereocenters. The smallest absolute Gasteiger partial charge is 0.0638 e. The van der Waals surface area contributed by atoms with Crippen molar-refractivity contribution in [1.29, 1.82) is 0 Å². The average molecular weight is 447 g/mol. The maximum atomic E-state index is 6.31. The molecule has 0 unspecified atom stereocenters. The number of hydrogen-bond acceptors (Lipinski definition) is 2. The van der Waals surface area contributed by atoms with Gasteiger partial charge < -0.3 is 4.74 Å². The van der Waals surface area contributed by atoms with Crippen LogP contribution in [0.4, 0.5) is 0 Å². The quantitative estimate of drug-likeness (QED) is 0.392. The van der Waals surface area contributed by atoms with Gasteiger partial charge in [0.25, 0.3) is 0 Å². The lowest BCUT2D eigenvalue weighted by molar-refractivity contribution is -0.160. The van der Waals surface area contributed by atoms with Gasteiger partial charge in [0.1, 0.15) is 0 Å². The van der Waals surface area contributed by atoms with Crippen LogP contribution in [0, 0.1) is 63.6 Å². The van der Waals surface area contributed by atoms with Crippen LogP contribution in [0.3, 0.4) is 0 Å². The summed E-state index contributed by atoms with van der Waals surface area (Å²) in [6.07, 6.45) is 12.4. The van der Waals surface area contributed by atoms with Gasteiger partial charge in [-0.05, 0) is 121 Å². The van der Waals surface area contributed by atoms with E-state index in [4.69, 9.17) is 4.74 Å². The molecule has 0 radical (unpaired) electrons. The molecule has 0 aromatic heterocycles. The fourth-order valence-corrected chi connectivity index (χ4v) is 11.8. The van der Waals surface area contributed by atoms with Gasteiger partial charge in [-0.3, -0.25) is 0 Å². The minimum atomic E-state index is 0.554. The highest BCUT2D eigenvalue weighted by molar-refractivity contribution is 7.99. The zero-order chi connectivity index (χ0) is 22.2. The maximum absolute atomic E-state index is 6.31. The lowest BCUT2D eigenvalue weighted by Crippen LogP contribution is -2.57. The van der Waals surface area contributed by atoms with Crippen LogP contribution in [-0.4, -0.2) is 24.7 Å². The van der Waals surface area contributed by atoms with Gasteiger partial charge in [0.2, 0.25) is 0 Å². The molecule has 0 aromatic rings. The van der Waals surface area contributed by atoms with Crippen LogP contribution in [0.5, 0.6) is 0 Å². The highest BCUT2D eigenvalue weighted by Gasteiger charge is 2.77. The van der Waals surface area contributed by atoms with E-state index < -0.39 is 0 Å². The second-order valence-electron chi connectivity index (χ2n) is 13.7. The third-order valence-electron chi connectivity index (χ3n) is 12.5. The number of ether oxygens (including phenoxy) is 1. The predicted molar refractivity (Wildman–Crippen MR) is 134 cm³/mol. The normalized spacial score (nSPS) is 52.3. The Kier molecular flexibility index (Phi) is 5.90. The van der Waals surface area contributed by atoms with E-state index in [0.29, 0.717) is 22.3 Å². The third kappa shape index (κ3) is 3.19. The molecule has 1 nitrogen and oxygen atoms in total. The Morgan fingerprint density at radius 3 is 2.39 bits per heavy atom. The topological polar surface area (TPSA) is 9.23 Å². The zero-order valence-corrected chi connectivity index (χ0v) is 22.4. The molecular weight excluding hydrogens is 396 g/mol. The first-order valence-corrected chi connectivity index (χ1v) is 14.9. The minimum absolute atomic E-state index is 0.554. The summed E-state index contributed by atoms with van der Waals surface area (Å²) in [5.41, 5.74) is 1.74. The van der Waals surface area contributed by atoms with Crippen molar-refractivity contribution in [2.75, 3.05) is 18.6 Å². The van der Waals surface area contributed by atoms with Crippen LogP contribution in [0.25, 0.3) is 0 Å². The Morgan fingerprint density at radius 1 is 0.935 bits per heavy atom. The van der Waals surface area contributed by atoms with Crippen molar-refractivity contribution in [3.63, 3.8) is 0 Å². The summed E-state index contributed by atoms with van der Waals surface area (Å²) in [6.45, 7) is 15.2. The SMILES string of the molecule is CO[C@@H]1C[C@H]2[C@@H]3CC[C@H]([C@H](C)CSC[C@@H](C)C(C)C)[C@@]3(C)CC[C@@H]2[C@@]2(C)CC[C@@H]3C[C@]312. The molecule has 0 bridgehead atoms. The van der Waals surface area contributed by atoms with Crippen LogP contribution in [-0.2, 0) is 4.74 Å². The van der Waals surface area contributed by atoms with Crippen molar-refractivity contribution < 1.29 is 4.74 Å². The van der Waals surface area contributed by atoms with Gasteiger partial charge in [-0.15, -0.1) is 0 Å². The molecule has 178 valence electrons. The molecule has 5 saturated carbocycles. The molecule has 5 fully saturated rings. The number of hydrogen-bond donors (Lipinski definition) is 0. The van der Waals surface area contributed by atoms with E-state index in [1.54, 1.807) is 0 Å². The fourth-order valence-electron chi connectivity index (χ4n) is 10.3. The fraction of sp³-hybridized carbons (Fsp3) is 1.00. The second-order valence-corrected chi connectivity index (χ2v) is 14.8. The molecule has 0 amide bonds. The average Bonchev–Trinajstić information content (AvgIpc) is 3.24. The first-order valence-electron chi connectivity index (χ1n) is 13.8. The molecule has 5 aliphatic rings. The van der Waals surface area contributed by atoms with Crippen molar-refractivity contribution in [1.82, 2.24) is 0 Å². The van der Waals surface area contributed by atoms with Crippen LogP contribution >= 0.6 is 11.8 Å². The van der Waals surface area contributed by atoms with Crippen molar-refractivity contribution in [2.45, 2.75) is 99.0 Å². The summed E-state index contributed by atoms with van der Waals surface area (Å²) in [6, 6.07) is 0. The molecule has 5 aliphatic carbocycles. The summed E-state index contributed by atoms with van der Waals surface area (Å²) in [7, 11) is 2.03. The Labute approximate surface area is 197 Å². The summed E-state index contributed by atoms with van der Waals surface area (Å²) in [4.78, 5) is 0. The van der Waals surface area contributed by atoms with Gasteiger partial charge in [0.15, 0.2) is 0 Å². The van der Waals surface area contributed by atoms with Gasteiger partial charge in [0, 0.05) is 12.5 Å². The number of methoxy groups -OCH3 is 1. The number of thioether (sulfide) groups is 1. The second kappa shape index (κ2) is 7.93. The van der Waals surface area contributed by atoms with Crippen molar-refractivity contribution >= 4 is 11.8 Å². The largest absolute Gasteiger partial charge is 0.381 e. The highest BCUT2D eigenvalue weighted by atomic mass is 32.2. The van der Waals surface area contributed by atoms with E-state index >= 15 is 0 Å². The Balaban J connectivity index is 1.30. The van der Waals surface area contributed by atoms with Gasteiger partial charge in [-0.25, -0.2) is 0 Å². The predicted octanol–water partition coefficient (Wildman–Crippen LogP) is 7.93. The van der Waals surface area contributed by atoms with E-state index in [2.05, 4.69) is 53.3 Å². The van der Waals surface area contributed by atoms with E-state index in [9.17, 15) is 0 Å². The molecule has 0 N–H and O–H groups in total. The molecular formula is C29H50OS. The summed E-state index contributed by atoms with van der Waals surface area (Å²) < 4.78 is 6.31. The first kappa shape index (κ1) is 23.1. The van der Waals surface area contributed by atoms with E-state index in [1.807, 2.05) is 7.11 Å². The molecule has 0 saturated heterocycles.